The Balaban J connectivity index is -0.00000242. The molecule has 0 saturated carbocycles. The molecule has 0 aromatic rings. The SMILES string of the molecule is O=C([O-])CN(CCOCCOCCO)CCOCCOCCO.[Co].[Co]. The van der Waals surface area contributed by atoms with E-state index in [9.17, 15) is 9.90 Å². The predicted molar refractivity (Wildman–Crippen MR) is 78.9 cm³/mol. The molecule has 0 unspecified atom stereocenters. The number of carbonyl (C=O) groups excluding carboxylic acids is 1. The molecule has 25 heavy (non-hydrogen) atoms. The molecule has 9 nitrogen and oxygen atoms in total. The van der Waals surface area contributed by atoms with Gasteiger partial charge in [0.2, 0.25) is 0 Å². The second kappa shape index (κ2) is 24.2. The third-order valence-corrected chi connectivity index (χ3v) is 2.67. The number of aliphatic carboxylic acids is 1. The van der Waals surface area contributed by atoms with Gasteiger partial charge in [0.15, 0.2) is 0 Å². The van der Waals surface area contributed by atoms with Gasteiger partial charge in [-0.2, -0.15) is 0 Å². The molecule has 0 aliphatic rings. The zero-order chi connectivity index (χ0) is 17.2. The second-order valence-corrected chi connectivity index (χ2v) is 4.54. The molecule has 11 heteroatoms. The van der Waals surface area contributed by atoms with Gasteiger partial charge in [-0.25, -0.2) is 0 Å². The van der Waals surface area contributed by atoms with Crippen molar-refractivity contribution in [2.45, 2.75) is 0 Å². The summed E-state index contributed by atoms with van der Waals surface area (Å²) in [7, 11) is 0. The van der Waals surface area contributed by atoms with Crippen LogP contribution in [-0.4, -0.2) is 107 Å². The van der Waals surface area contributed by atoms with E-state index in [-0.39, 0.29) is 66.5 Å². The van der Waals surface area contributed by atoms with Crippen LogP contribution in [0, 0.1) is 0 Å². The first-order chi connectivity index (χ1) is 11.2. The van der Waals surface area contributed by atoms with Crippen molar-refractivity contribution in [3.8, 4) is 0 Å². The van der Waals surface area contributed by atoms with E-state index in [4.69, 9.17) is 29.2 Å². The number of nitrogens with zero attached hydrogens (tertiary/aromatic N) is 1. The minimum absolute atomic E-state index is 0. The van der Waals surface area contributed by atoms with E-state index in [0.29, 0.717) is 52.7 Å². The molecule has 0 bridgehead atoms. The summed E-state index contributed by atoms with van der Waals surface area (Å²) in [4.78, 5) is 12.4. The first-order valence-electron chi connectivity index (χ1n) is 7.65. The number of ether oxygens (including phenoxy) is 4. The van der Waals surface area contributed by atoms with Gasteiger partial charge in [-0.1, -0.05) is 0 Å². The third kappa shape index (κ3) is 24.2. The molecule has 0 aromatic heterocycles. The van der Waals surface area contributed by atoms with Crippen LogP contribution in [0.15, 0.2) is 0 Å². The molecule has 0 aliphatic carbocycles. The van der Waals surface area contributed by atoms with E-state index >= 15 is 0 Å². The molecule has 0 atom stereocenters. The van der Waals surface area contributed by atoms with Crippen LogP contribution in [0.25, 0.3) is 0 Å². The number of aliphatic hydroxyl groups is 2. The maximum Gasteiger partial charge on any atom is 0.0701 e. The largest absolute Gasteiger partial charge is 0.549 e. The average Bonchev–Trinajstić information content (AvgIpc) is 2.52. The molecule has 0 fully saturated rings. The van der Waals surface area contributed by atoms with Gasteiger partial charge in [0.05, 0.1) is 72.0 Å². The molecule has 2 N–H and O–H groups in total. The van der Waals surface area contributed by atoms with E-state index in [2.05, 4.69) is 0 Å². The Morgan fingerprint density at radius 2 is 1.08 bits per heavy atom. The number of carboxylic acids is 1. The topological polar surface area (TPSA) is 121 Å². The molecule has 0 aliphatic heterocycles. The summed E-state index contributed by atoms with van der Waals surface area (Å²) >= 11 is 0. The maximum atomic E-state index is 10.7. The number of aliphatic hydroxyl groups excluding tert-OH is 2. The number of carbonyl (C=O) groups is 1. The average molecular weight is 456 g/mol. The number of rotatable bonds is 18. The third-order valence-electron chi connectivity index (χ3n) is 2.67. The molecule has 0 amide bonds. The van der Waals surface area contributed by atoms with Crippen molar-refractivity contribution >= 4 is 5.97 Å². The van der Waals surface area contributed by atoms with Gasteiger partial charge in [-0.05, 0) is 0 Å². The molecule has 0 heterocycles. The Bertz CT molecular complexity index is 259. The van der Waals surface area contributed by atoms with Gasteiger partial charge in [0, 0.05) is 53.2 Å². The first-order valence-corrected chi connectivity index (χ1v) is 7.65. The van der Waals surface area contributed by atoms with Crippen molar-refractivity contribution in [2.75, 3.05) is 85.7 Å². The molecule has 2 radical (unpaired) electrons. The van der Waals surface area contributed by atoms with Crippen molar-refractivity contribution in [3.05, 3.63) is 0 Å². The smallest absolute Gasteiger partial charge is 0.0701 e. The summed E-state index contributed by atoms with van der Waals surface area (Å²) in [5, 5.41) is 27.8. The van der Waals surface area contributed by atoms with Crippen LogP contribution in [0.4, 0.5) is 0 Å². The molecule has 156 valence electrons. The Kier molecular flexibility index (Phi) is 29.0. The molecular formula is C14H28Co2NO8-. The Morgan fingerprint density at radius 1 is 0.720 bits per heavy atom. The van der Waals surface area contributed by atoms with Crippen LogP contribution in [0.5, 0.6) is 0 Å². The van der Waals surface area contributed by atoms with E-state index < -0.39 is 5.97 Å². The fraction of sp³-hybridized carbons (Fsp3) is 0.929. The number of carboxylic acid groups (broad SMARTS) is 1. The van der Waals surface area contributed by atoms with Crippen molar-refractivity contribution in [3.63, 3.8) is 0 Å². The zero-order valence-corrected chi connectivity index (χ0v) is 16.2. The second-order valence-electron chi connectivity index (χ2n) is 4.54. The molecule has 0 rings (SSSR count). The van der Waals surface area contributed by atoms with Crippen LogP contribution in [0.1, 0.15) is 0 Å². The summed E-state index contributed by atoms with van der Waals surface area (Å²) < 4.78 is 20.7. The standard InChI is InChI=1S/C14H29NO8.2Co/c16-3-7-22-11-9-20-5-1-15(13-14(18)19)2-6-21-10-12-23-8-4-17;;/h16-17H,1-13H2,(H,18,19);;/p-1. The van der Waals surface area contributed by atoms with Gasteiger partial charge in [0.25, 0.3) is 0 Å². The number of hydrogen-bond donors (Lipinski definition) is 2. The molecular weight excluding hydrogens is 428 g/mol. The van der Waals surface area contributed by atoms with E-state index in [1.807, 2.05) is 0 Å². The van der Waals surface area contributed by atoms with Crippen molar-refractivity contribution < 1.29 is 72.6 Å². The Hall–Kier alpha value is 0.203. The van der Waals surface area contributed by atoms with Crippen LogP contribution < -0.4 is 5.11 Å². The zero-order valence-electron chi connectivity index (χ0n) is 14.2. The summed E-state index contributed by atoms with van der Waals surface area (Å²) in [6.07, 6.45) is 0. The minimum Gasteiger partial charge on any atom is -0.549 e. The quantitative estimate of drug-likeness (QED) is 0.209. The molecule has 0 spiro atoms. The Morgan fingerprint density at radius 3 is 1.40 bits per heavy atom. The summed E-state index contributed by atoms with van der Waals surface area (Å²) in [6.45, 7) is 3.50. The van der Waals surface area contributed by atoms with Crippen LogP contribution >= 0.6 is 0 Å². The van der Waals surface area contributed by atoms with Crippen molar-refractivity contribution in [1.29, 1.82) is 0 Å². The fourth-order valence-corrected chi connectivity index (χ4v) is 1.61. The van der Waals surface area contributed by atoms with Crippen molar-refractivity contribution in [2.24, 2.45) is 0 Å². The summed E-state index contributed by atoms with van der Waals surface area (Å²) in [5.41, 5.74) is 0. The van der Waals surface area contributed by atoms with Gasteiger partial charge < -0.3 is 39.1 Å². The van der Waals surface area contributed by atoms with Gasteiger partial charge in [0.1, 0.15) is 0 Å². The maximum absolute atomic E-state index is 10.7. The monoisotopic (exact) mass is 456 g/mol. The van der Waals surface area contributed by atoms with Gasteiger partial charge in [-0.15, -0.1) is 0 Å². The number of hydrogen-bond acceptors (Lipinski definition) is 9. The van der Waals surface area contributed by atoms with Crippen LogP contribution in [0.3, 0.4) is 0 Å². The molecule has 0 saturated heterocycles. The Labute approximate surface area is 169 Å². The van der Waals surface area contributed by atoms with Crippen LogP contribution in [-0.2, 0) is 57.3 Å². The van der Waals surface area contributed by atoms with Gasteiger partial charge >= 0.3 is 0 Å². The van der Waals surface area contributed by atoms with E-state index in [1.54, 1.807) is 4.90 Å². The van der Waals surface area contributed by atoms with Gasteiger partial charge in [-0.3, -0.25) is 4.90 Å². The minimum atomic E-state index is -1.15. The molecule has 0 aromatic carbocycles. The van der Waals surface area contributed by atoms with Crippen LogP contribution in [0.2, 0.25) is 0 Å². The summed E-state index contributed by atoms with van der Waals surface area (Å²) in [6, 6.07) is 0. The van der Waals surface area contributed by atoms with E-state index in [1.165, 1.54) is 0 Å². The van der Waals surface area contributed by atoms with E-state index in [0.717, 1.165) is 0 Å². The van der Waals surface area contributed by atoms with Crippen molar-refractivity contribution in [1.82, 2.24) is 4.90 Å². The normalized spacial score (nSPS) is 10.4. The first kappa shape index (κ1) is 29.9. The fourth-order valence-electron chi connectivity index (χ4n) is 1.61. The predicted octanol–water partition coefficient (Wildman–Crippen LogP) is -2.92. The summed E-state index contributed by atoms with van der Waals surface area (Å²) in [5.74, 6) is -1.15.